The number of para-hydroxylation sites is 1. The second-order valence-corrected chi connectivity index (χ2v) is 5.72. The summed E-state index contributed by atoms with van der Waals surface area (Å²) in [7, 11) is 0. The van der Waals surface area contributed by atoms with Gasteiger partial charge in [0, 0.05) is 11.4 Å². The summed E-state index contributed by atoms with van der Waals surface area (Å²) in [6.45, 7) is 5.93. The van der Waals surface area contributed by atoms with E-state index in [1.54, 1.807) is 0 Å². The van der Waals surface area contributed by atoms with Gasteiger partial charge in [0.05, 0.1) is 11.3 Å². The van der Waals surface area contributed by atoms with Crippen molar-refractivity contribution >= 4 is 28.6 Å². The Bertz CT molecular complexity index is 615. The maximum atomic E-state index is 11.8. The summed E-state index contributed by atoms with van der Waals surface area (Å²) in [5.74, 6) is 1.16. The molecular weight excluding hydrogens is 270 g/mol. The van der Waals surface area contributed by atoms with E-state index in [1.807, 2.05) is 38.1 Å². The van der Waals surface area contributed by atoms with Crippen molar-refractivity contribution in [2.45, 2.75) is 38.3 Å². The minimum Gasteiger partial charge on any atom is -0.353 e. The van der Waals surface area contributed by atoms with Crippen LogP contribution in [0.5, 0.6) is 0 Å². The van der Waals surface area contributed by atoms with Gasteiger partial charge in [0.15, 0.2) is 0 Å². The molecule has 1 aromatic heterocycles. The molecule has 1 atom stereocenters. The summed E-state index contributed by atoms with van der Waals surface area (Å²) in [5, 5.41) is 4.83. The van der Waals surface area contributed by atoms with Crippen LogP contribution in [0, 0.1) is 6.92 Å². The van der Waals surface area contributed by atoms with Crippen LogP contribution in [0.25, 0.3) is 10.9 Å². The molecule has 4 nitrogen and oxygen atoms in total. The SMILES string of the molecule is CC[C@H](C)NC(=O)CSc1nc(C)nc2ccccc12. The Hall–Kier alpha value is -1.62. The normalized spacial score (nSPS) is 12.3. The third-order valence-corrected chi connectivity index (χ3v) is 4.03. The summed E-state index contributed by atoms with van der Waals surface area (Å²) in [6, 6.07) is 8.09. The number of benzene rings is 1. The lowest BCUT2D eigenvalue weighted by atomic mass is 10.2. The zero-order chi connectivity index (χ0) is 14.5. The lowest BCUT2D eigenvalue weighted by molar-refractivity contribution is -0.119. The number of fused-ring (bicyclic) bond motifs is 1. The fourth-order valence-corrected chi connectivity index (χ4v) is 2.70. The Kier molecular flexibility index (Phi) is 4.95. The van der Waals surface area contributed by atoms with Crippen molar-refractivity contribution in [2.75, 3.05) is 5.75 Å². The molecule has 0 aliphatic heterocycles. The smallest absolute Gasteiger partial charge is 0.230 e. The number of carbonyl (C=O) groups excluding carboxylic acids is 1. The van der Waals surface area contributed by atoms with E-state index >= 15 is 0 Å². The first kappa shape index (κ1) is 14.8. The van der Waals surface area contributed by atoms with Gasteiger partial charge < -0.3 is 5.32 Å². The number of nitrogens with zero attached hydrogens (tertiary/aromatic N) is 2. The Labute approximate surface area is 123 Å². The highest BCUT2D eigenvalue weighted by Crippen LogP contribution is 2.24. The molecule has 2 aromatic rings. The molecule has 0 aliphatic carbocycles. The molecule has 0 saturated carbocycles. The first-order valence-electron chi connectivity index (χ1n) is 6.75. The Balaban J connectivity index is 2.12. The molecular formula is C15H19N3OS. The number of nitrogens with one attached hydrogen (secondary N) is 1. The summed E-state index contributed by atoms with van der Waals surface area (Å²) in [5.41, 5.74) is 0.921. The van der Waals surface area contributed by atoms with E-state index < -0.39 is 0 Å². The number of amides is 1. The van der Waals surface area contributed by atoms with Gasteiger partial charge in [-0.05, 0) is 26.3 Å². The van der Waals surface area contributed by atoms with Crippen LogP contribution in [0.1, 0.15) is 26.1 Å². The van der Waals surface area contributed by atoms with Crippen molar-refractivity contribution in [1.29, 1.82) is 0 Å². The van der Waals surface area contributed by atoms with E-state index in [1.165, 1.54) is 11.8 Å². The predicted octanol–water partition coefficient (Wildman–Crippen LogP) is 2.95. The fourth-order valence-electron chi connectivity index (χ4n) is 1.82. The van der Waals surface area contributed by atoms with Crippen molar-refractivity contribution in [2.24, 2.45) is 0 Å². The van der Waals surface area contributed by atoms with E-state index in [-0.39, 0.29) is 11.9 Å². The van der Waals surface area contributed by atoms with Crippen LogP contribution in [0.3, 0.4) is 0 Å². The van der Waals surface area contributed by atoms with Crippen LogP contribution >= 0.6 is 11.8 Å². The summed E-state index contributed by atoms with van der Waals surface area (Å²) < 4.78 is 0. The van der Waals surface area contributed by atoms with Gasteiger partial charge in [-0.25, -0.2) is 9.97 Å². The van der Waals surface area contributed by atoms with Gasteiger partial charge in [-0.15, -0.1) is 0 Å². The van der Waals surface area contributed by atoms with Gasteiger partial charge in [-0.2, -0.15) is 0 Å². The maximum Gasteiger partial charge on any atom is 0.230 e. The molecule has 1 amide bonds. The highest BCUT2D eigenvalue weighted by Gasteiger charge is 2.10. The number of thioether (sulfide) groups is 1. The Morgan fingerprint density at radius 1 is 1.35 bits per heavy atom. The molecule has 0 aliphatic rings. The number of rotatable bonds is 5. The maximum absolute atomic E-state index is 11.8. The van der Waals surface area contributed by atoms with Crippen LogP contribution in [-0.2, 0) is 4.79 Å². The fraction of sp³-hybridized carbons (Fsp3) is 0.400. The summed E-state index contributed by atoms with van der Waals surface area (Å²) >= 11 is 1.46. The number of carbonyl (C=O) groups is 1. The van der Waals surface area contributed by atoms with E-state index in [4.69, 9.17) is 0 Å². The predicted molar refractivity (Wildman–Crippen MR) is 82.9 cm³/mol. The molecule has 0 unspecified atom stereocenters. The Morgan fingerprint density at radius 3 is 2.85 bits per heavy atom. The van der Waals surface area contributed by atoms with Gasteiger partial charge >= 0.3 is 0 Å². The third-order valence-electron chi connectivity index (χ3n) is 3.04. The number of aromatic nitrogens is 2. The lowest BCUT2D eigenvalue weighted by Gasteiger charge is -2.11. The van der Waals surface area contributed by atoms with Crippen molar-refractivity contribution in [3.8, 4) is 0 Å². The monoisotopic (exact) mass is 289 g/mol. The van der Waals surface area contributed by atoms with Crippen LogP contribution in [0.4, 0.5) is 0 Å². The summed E-state index contributed by atoms with van der Waals surface area (Å²) in [4.78, 5) is 20.7. The minimum atomic E-state index is 0.0460. The van der Waals surface area contributed by atoms with E-state index in [0.29, 0.717) is 5.75 Å². The molecule has 0 bridgehead atoms. The molecule has 0 spiro atoms. The van der Waals surface area contributed by atoms with Crippen molar-refractivity contribution in [1.82, 2.24) is 15.3 Å². The largest absolute Gasteiger partial charge is 0.353 e. The molecule has 0 fully saturated rings. The first-order valence-corrected chi connectivity index (χ1v) is 7.74. The molecule has 0 saturated heterocycles. The van der Waals surface area contributed by atoms with E-state index in [0.717, 1.165) is 28.2 Å². The molecule has 2 rings (SSSR count). The average molecular weight is 289 g/mol. The van der Waals surface area contributed by atoms with Gasteiger partial charge in [0.1, 0.15) is 10.9 Å². The number of aryl methyl sites for hydroxylation is 1. The third kappa shape index (κ3) is 3.70. The van der Waals surface area contributed by atoms with Crippen molar-refractivity contribution in [3.05, 3.63) is 30.1 Å². The average Bonchev–Trinajstić information content (AvgIpc) is 2.44. The topological polar surface area (TPSA) is 54.9 Å². The number of hydrogen-bond acceptors (Lipinski definition) is 4. The molecule has 106 valence electrons. The molecule has 1 aromatic carbocycles. The first-order chi connectivity index (χ1) is 9.60. The van der Waals surface area contributed by atoms with Gasteiger partial charge in [-0.1, -0.05) is 36.9 Å². The quantitative estimate of drug-likeness (QED) is 0.679. The highest BCUT2D eigenvalue weighted by atomic mass is 32.2. The van der Waals surface area contributed by atoms with Gasteiger partial charge in [-0.3, -0.25) is 4.79 Å². The van der Waals surface area contributed by atoms with Gasteiger partial charge in [0.25, 0.3) is 0 Å². The second kappa shape index (κ2) is 6.70. The van der Waals surface area contributed by atoms with Crippen LogP contribution in [0.2, 0.25) is 0 Å². The van der Waals surface area contributed by atoms with Crippen molar-refractivity contribution < 1.29 is 4.79 Å². The summed E-state index contributed by atoms with van der Waals surface area (Å²) in [6.07, 6.45) is 0.936. The lowest BCUT2D eigenvalue weighted by Crippen LogP contribution is -2.33. The molecule has 0 radical (unpaired) electrons. The van der Waals surface area contributed by atoms with Crippen molar-refractivity contribution in [3.63, 3.8) is 0 Å². The molecule has 5 heteroatoms. The zero-order valence-electron chi connectivity index (χ0n) is 12.0. The number of hydrogen-bond donors (Lipinski definition) is 1. The van der Waals surface area contributed by atoms with Crippen LogP contribution < -0.4 is 5.32 Å². The van der Waals surface area contributed by atoms with Crippen LogP contribution in [-0.4, -0.2) is 27.7 Å². The highest BCUT2D eigenvalue weighted by molar-refractivity contribution is 8.00. The van der Waals surface area contributed by atoms with E-state index in [9.17, 15) is 4.79 Å². The standard InChI is InChI=1S/C15H19N3OS/c1-4-10(2)16-14(19)9-20-15-12-7-5-6-8-13(12)17-11(3)18-15/h5-8,10H,4,9H2,1-3H3,(H,16,19)/t10-/m0/s1. The second-order valence-electron chi connectivity index (χ2n) is 4.76. The van der Waals surface area contributed by atoms with Crippen LogP contribution in [0.15, 0.2) is 29.3 Å². The zero-order valence-corrected chi connectivity index (χ0v) is 12.8. The molecule has 1 heterocycles. The van der Waals surface area contributed by atoms with E-state index in [2.05, 4.69) is 22.2 Å². The molecule has 20 heavy (non-hydrogen) atoms. The van der Waals surface area contributed by atoms with Gasteiger partial charge in [0.2, 0.25) is 5.91 Å². The molecule has 1 N–H and O–H groups in total. The Morgan fingerprint density at radius 2 is 2.10 bits per heavy atom. The minimum absolute atomic E-state index is 0.0460.